The Labute approximate surface area is 98.6 Å². The fourth-order valence-electron chi connectivity index (χ4n) is 1.37. The number of aliphatic hydroxyl groups is 1. The molecule has 4 heteroatoms. The summed E-state index contributed by atoms with van der Waals surface area (Å²) < 4.78 is 5.37. The summed E-state index contributed by atoms with van der Waals surface area (Å²) in [7, 11) is 0. The summed E-state index contributed by atoms with van der Waals surface area (Å²) in [6.45, 7) is 0.184. The SMILES string of the molecule is OC(CCl)COc1cnc2ccccc2c1. The van der Waals surface area contributed by atoms with Crippen LogP contribution in [0.15, 0.2) is 36.5 Å². The molecule has 2 rings (SSSR count). The highest BCUT2D eigenvalue weighted by Gasteiger charge is 2.03. The van der Waals surface area contributed by atoms with Gasteiger partial charge in [-0.05, 0) is 12.1 Å². The molecule has 0 saturated carbocycles. The summed E-state index contributed by atoms with van der Waals surface area (Å²) in [5.41, 5.74) is 0.924. The number of pyridine rings is 1. The van der Waals surface area contributed by atoms with Gasteiger partial charge in [0.25, 0.3) is 0 Å². The number of fused-ring (bicyclic) bond motifs is 1. The van der Waals surface area contributed by atoms with Gasteiger partial charge in [-0.1, -0.05) is 18.2 Å². The maximum atomic E-state index is 9.26. The van der Waals surface area contributed by atoms with Crippen LogP contribution >= 0.6 is 11.6 Å². The molecule has 2 aromatic rings. The van der Waals surface area contributed by atoms with Crippen molar-refractivity contribution in [2.75, 3.05) is 12.5 Å². The van der Waals surface area contributed by atoms with Crippen molar-refractivity contribution in [1.29, 1.82) is 0 Å². The highest BCUT2D eigenvalue weighted by atomic mass is 35.5. The molecule has 1 unspecified atom stereocenters. The van der Waals surface area contributed by atoms with Crippen LogP contribution in [0.3, 0.4) is 0 Å². The molecule has 0 fully saturated rings. The van der Waals surface area contributed by atoms with E-state index in [0.717, 1.165) is 10.9 Å². The maximum absolute atomic E-state index is 9.26. The third-order valence-electron chi connectivity index (χ3n) is 2.19. The predicted octanol–water partition coefficient (Wildman–Crippen LogP) is 2.21. The van der Waals surface area contributed by atoms with E-state index < -0.39 is 6.10 Å². The zero-order valence-electron chi connectivity index (χ0n) is 8.64. The van der Waals surface area contributed by atoms with Crippen molar-refractivity contribution >= 4 is 22.5 Å². The molecule has 1 N–H and O–H groups in total. The van der Waals surface area contributed by atoms with E-state index in [-0.39, 0.29) is 12.5 Å². The fourth-order valence-corrected chi connectivity index (χ4v) is 1.46. The van der Waals surface area contributed by atoms with E-state index in [1.165, 1.54) is 0 Å². The van der Waals surface area contributed by atoms with E-state index >= 15 is 0 Å². The Morgan fingerprint density at radius 2 is 2.19 bits per heavy atom. The summed E-state index contributed by atoms with van der Waals surface area (Å²) in [5.74, 6) is 0.809. The predicted molar refractivity (Wildman–Crippen MR) is 64.0 cm³/mol. The van der Waals surface area contributed by atoms with Crippen molar-refractivity contribution < 1.29 is 9.84 Å². The Bertz CT molecular complexity index is 475. The Balaban J connectivity index is 2.13. The van der Waals surface area contributed by atoms with Gasteiger partial charge in [-0.15, -0.1) is 11.6 Å². The molecule has 0 amide bonds. The summed E-state index contributed by atoms with van der Waals surface area (Å²) >= 11 is 5.47. The van der Waals surface area contributed by atoms with Crippen LogP contribution in [-0.4, -0.2) is 28.7 Å². The molecule has 0 saturated heterocycles. The van der Waals surface area contributed by atoms with Crippen LogP contribution in [0.1, 0.15) is 0 Å². The van der Waals surface area contributed by atoms with Gasteiger partial charge >= 0.3 is 0 Å². The fraction of sp³-hybridized carbons (Fsp3) is 0.250. The molecular weight excluding hydrogens is 226 g/mol. The van der Waals surface area contributed by atoms with Crippen LogP contribution in [0.5, 0.6) is 5.75 Å². The van der Waals surface area contributed by atoms with Crippen LogP contribution in [0.4, 0.5) is 0 Å². The minimum Gasteiger partial charge on any atom is -0.489 e. The zero-order chi connectivity index (χ0) is 11.4. The van der Waals surface area contributed by atoms with Crippen molar-refractivity contribution in [3.63, 3.8) is 0 Å². The van der Waals surface area contributed by atoms with Gasteiger partial charge in [-0.2, -0.15) is 0 Å². The van der Waals surface area contributed by atoms with E-state index in [4.69, 9.17) is 16.3 Å². The third kappa shape index (κ3) is 2.62. The van der Waals surface area contributed by atoms with Crippen molar-refractivity contribution in [2.24, 2.45) is 0 Å². The van der Waals surface area contributed by atoms with Crippen LogP contribution in [0.2, 0.25) is 0 Å². The van der Waals surface area contributed by atoms with Gasteiger partial charge in [0.2, 0.25) is 0 Å². The minimum atomic E-state index is -0.645. The average molecular weight is 238 g/mol. The van der Waals surface area contributed by atoms with Gasteiger partial charge in [-0.25, -0.2) is 0 Å². The molecule has 0 radical (unpaired) electrons. The zero-order valence-corrected chi connectivity index (χ0v) is 9.39. The van der Waals surface area contributed by atoms with Crippen LogP contribution in [-0.2, 0) is 0 Å². The summed E-state index contributed by atoms with van der Waals surface area (Å²) in [4.78, 5) is 4.25. The highest BCUT2D eigenvalue weighted by Crippen LogP contribution is 2.17. The molecule has 1 atom stereocenters. The molecule has 0 bridgehead atoms. The molecular formula is C12H12ClNO2. The first-order chi connectivity index (χ1) is 7.79. The standard InChI is InChI=1S/C12H12ClNO2/c13-6-10(15)8-16-11-5-9-3-1-2-4-12(9)14-7-11/h1-5,7,10,15H,6,8H2. The quantitative estimate of drug-likeness (QED) is 0.830. The highest BCUT2D eigenvalue weighted by molar-refractivity contribution is 6.18. The number of hydrogen-bond donors (Lipinski definition) is 1. The lowest BCUT2D eigenvalue weighted by atomic mass is 10.2. The first kappa shape index (κ1) is 11.2. The molecule has 1 aromatic carbocycles. The van der Waals surface area contributed by atoms with E-state index in [1.807, 2.05) is 30.3 Å². The van der Waals surface area contributed by atoms with Crippen LogP contribution in [0.25, 0.3) is 10.9 Å². The van der Waals surface area contributed by atoms with Gasteiger partial charge in [0.1, 0.15) is 18.5 Å². The van der Waals surface area contributed by atoms with Crippen LogP contribution < -0.4 is 4.74 Å². The normalized spacial score (nSPS) is 12.6. The van der Waals surface area contributed by atoms with Gasteiger partial charge in [-0.3, -0.25) is 4.98 Å². The lowest BCUT2D eigenvalue weighted by Crippen LogP contribution is -2.18. The Morgan fingerprint density at radius 1 is 1.38 bits per heavy atom. The minimum absolute atomic E-state index is 0.168. The van der Waals surface area contributed by atoms with Gasteiger partial charge in [0.15, 0.2) is 0 Å². The number of alkyl halides is 1. The van der Waals surface area contributed by atoms with Crippen molar-refractivity contribution in [2.45, 2.75) is 6.10 Å². The number of nitrogens with zero attached hydrogens (tertiary/aromatic N) is 1. The summed E-state index contributed by atoms with van der Waals surface area (Å²) in [6.07, 6.45) is 0.997. The smallest absolute Gasteiger partial charge is 0.138 e. The first-order valence-electron chi connectivity index (χ1n) is 5.01. The van der Waals surface area contributed by atoms with E-state index in [2.05, 4.69) is 4.98 Å². The Kier molecular flexibility index (Phi) is 3.59. The number of benzene rings is 1. The number of rotatable bonds is 4. The van der Waals surface area contributed by atoms with Gasteiger partial charge in [0, 0.05) is 5.39 Å². The van der Waals surface area contributed by atoms with Crippen molar-refractivity contribution in [3.05, 3.63) is 36.5 Å². The Hall–Kier alpha value is -1.32. The molecule has 0 spiro atoms. The molecule has 0 aliphatic carbocycles. The van der Waals surface area contributed by atoms with Crippen molar-refractivity contribution in [3.8, 4) is 5.75 Å². The largest absolute Gasteiger partial charge is 0.489 e. The molecule has 16 heavy (non-hydrogen) atoms. The van der Waals surface area contributed by atoms with E-state index in [0.29, 0.717) is 5.75 Å². The molecule has 84 valence electrons. The summed E-state index contributed by atoms with van der Waals surface area (Å²) in [5, 5.41) is 10.3. The Morgan fingerprint density at radius 3 is 3.00 bits per heavy atom. The second-order valence-electron chi connectivity index (χ2n) is 3.48. The van der Waals surface area contributed by atoms with E-state index in [1.54, 1.807) is 6.20 Å². The summed E-state index contributed by atoms with van der Waals surface area (Å²) in [6, 6.07) is 9.68. The van der Waals surface area contributed by atoms with Crippen molar-refractivity contribution in [1.82, 2.24) is 4.98 Å². The van der Waals surface area contributed by atoms with E-state index in [9.17, 15) is 5.11 Å². The monoisotopic (exact) mass is 237 g/mol. The number of para-hydroxylation sites is 1. The topological polar surface area (TPSA) is 42.4 Å². The molecule has 3 nitrogen and oxygen atoms in total. The number of aliphatic hydroxyl groups excluding tert-OH is 1. The lowest BCUT2D eigenvalue weighted by molar-refractivity contribution is 0.125. The number of halogens is 1. The third-order valence-corrected chi connectivity index (χ3v) is 2.54. The molecule has 0 aliphatic rings. The van der Waals surface area contributed by atoms with Gasteiger partial charge < -0.3 is 9.84 Å². The lowest BCUT2D eigenvalue weighted by Gasteiger charge is -2.09. The molecule has 0 aliphatic heterocycles. The average Bonchev–Trinajstić information content (AvgIpc) is 2.35. The molecule has 1 heterocycles. The second kappa shape index (κ2) is 5.14. The number of ether oxygens (including phenoxy) is 1. The maximum Gasteiger partial charge on any atom is 0.138 e. The van der Waals surface area contributed by atoms with Crippen LogP contribution in [0, 0.1) is 0 Å². The molecule has 1 aromatic heterocycles. The number of hydrogen-bond acceptors (Lipinski definition) is 3. The second-order valence-corrected chi connectivity index (χ2v) is 3.79. The first-order valence-corrected chi connectivity index (χ1v) is 5.54. The van der Waals surface area contributed by atoms with Gasteiger partial charge in [0.05, 0.1) is 17.6 Å². The number of aromatic nitrogens is 1.